The molecule has 0 bridgehead atoms. The first-order chi connectivity index (χ1) is 26.3. The van der Waals surface area contributed by atoms with Gasteiger partial charge < -0.3 is 24.8 Å². The molecule has 0 spiro atoms. The van der Waals surface area contributed by atoms with Crippen molar-refractivity contribution in [2.24, 2.45) is 10.1 Å². The van der Waals surface area contributed by atoms with Crippen LogP contribution in [0, 0.1) is 20.8 Å². The minimum absolute atomic E-state index is 0.00949. The molecule has 292 valence electrons. The number of carbonyl (C=O) groups excluding carboxylic acids is 2. The molecule has 0 unspecified atom stereocenters. The predicted octanol–water partition coefficient (Wildman–Crippen LogP) is 6.67. The number of rotatable bonds is 16. The van der Waals surface area contributed by atoms with Crippen LogP contribution in [0.2, 0.25) is 0 Å². The van der Waals surface area contributed by atoms with E-state index in [0.29, 0.717) is 24.0 Å². The van der Waals surface area contributed by atoms with Crippen molar-refractivity contribution in [3.63, 3.8) is 0 Å². The summed E-state index contributed by atoms with van der Waals surface area (Å²) in [6, 6.07) is 14.9. The Hall–Kier alpha value is -5.53. The Labute approximate surface area is 322 Å². The fourth-order valence-electron chi connectivity index (χ4n) is 7.11. The molecule has 1 aliphatic heterocycles. The quantitative estimate of drug-likeness (QED) is 0.0210. The van der Waals surface area contributed by atoms with E-state index in [4.69, 9.17) is 19.7 Å². The number of azide groups is 1. The van der Waals surface area contributed by atoms with Crippen molar-refractivity contribution in [1.29, 1.82) is 0 Å². The molecule has 55 heavy (non-hydrogen) atoms. The van der Waals surface area contributed by atoms with E-state index in [1.165, 1.54) is 6.08 Å². The van der Waals surface area contributed by atoms with Crippen molar-refractivity contribution in [3.05, 3.63) is 105 Å². The molecule has 1 amide bonds. The molecule has 5 rings (SSSR count). The lowest BCUT2D eigenvalue weighted by Gasteiger charge is -2.20. The van der Waals surface area contributed by atoms with Gasteiger partial charge in [0.25, 0.3) is 10.0 Å². The number of hydrogen-bond acceptors (Lipinski definition) is 9. The maximum absolute atomic E-state index is 14.0. The number of alkyl carbamates (subject to hydrolysis) is 1. The van der Waals surface area contributed by atoms with E-state index in [9.17, 15) is 18.0 Å². The van der Waals surface area contributed by atoms with Crippen molar-refractivity contribution >= 4 is 28.0 Å². The zero-order chi connectivity index (χ0) is 39.8. The molecule has 15 heteroatoms. The summed E-state index contributed by atoms with van der Waals surface area (Å²) in [7, 11) is -4.13. The van der Waals surface area contributed by atoms with Crippen LogP contribution in [0.25, 0.3) is 21.6 Å². The van der Waals surface area contributed by atoms with E-state index in [1.54, 1.807) is 13.8 Å². The van der Waals surface area contributed by atoms with Gasteiger partial charge in [-0.3, -0.25) is 4.99 Å². The van der Waals surface area contributed by atoms with Crippen LogP contribution in [0.15, 0.2) is 76.2 Å². The number of nitrogens with zero attached hydrogens (tertiary/aromatic N) is 4. The summed E-state index contributed by atoms with van der Waals surface area (Å²) in [6.07, 6.45) is 2.04. The molecule has 1 atom stereocenters. The van der Waals surface area contributed by atoms with Crippen molar-refractivity contribution < 1.29 is 32.2 Å². The third-order valence-corrected chi connectivity index (χ3v) is 11.4. The van der Waals surface area contributed by atoms with Gasteiger partial charge in [-0.05, 0) is 98.4 Å². The molecule has 0 saturated heterocycles. The third kappa shape index (κ3) is 9.59. The SMILES string of the molecule is C=CCOC(=O)[C@H](CCCN=C(NCCCN=[N+]=[N-])NS(=O)(=O)c1c(C)c(C)c2c(c1C)CC(C)(C)O2)NC(=O)OCC1c2ccccc2-c2ccccc21. The number of ether oxygens (including phenoxy) is 3. The summed E-state index contributed by atoms with van der Waals surface area (Å²) in [4.78, 5) is 33.6. The second-order valence-electron chi connectivity index (χ2n) is 14.2. The van der Waals surface area contributed by atoms with Gasteiger partial charge in [0.2, 0.25) is 5.96 Å². The number of sulfonamides is 1. The maximum Gasteiger partial charge on any atom is 0.407 e. The summed E-state index contributed by atoms with van der Waals surface area (Å²) in [6.45, 7) is 13.5. The summed E-state index contributed by atoms with van der Waals surface area (Å²) >= 11 is 0. The number of aliphatic imine (C=N–C) groups is 1. The number of carbonyl (C=O) groups is 2. The van der Waals surface area contributed by atoms with Crippen molar-refractivity contribution in [2.75, 3.05) is 32.8 Å². The minimum Gasteiger partial charge on any atom is -0.487 e. The summed E-state index contributed by atoms with van der Waals surface area (Å²) in [5, 5.41) is 9.19. The summed E-state index contributed by atoms with van der Waals surface area (Å²) in [5.74, 6) is -0.116. The second kappa shape index (κ2) is 17.7. The maximum atomic E-state index is 14.0. The highest BCUT2D eigenvalue weighted by molar-refractivity contribution is 7.90. The van der Waals surface area contributed by atoms with E-state index < -0.39 is 33.7 Å². The number of hydrogen-bond donors (Lipinski definition) is 3. The standard InChI is InChI=1S/C40H49N7O7S/c1-7-22-52-37(48)34(45-39(49)53-24-33-30-16-10-8-14-28(30)29-15-9-11-17-31(29)33)18-12-19-42-38(43-20-13-21-44-47-41)46-55(50,51)36-26(3)25(2)35-32(27(36)4)23-40(5,6)54-35/h7-11,14-17,33-34H,1,12-13,18-24H2,2-6H3,(H,45,49)(H2,42,43,46)/t34-/m0/s1. The number of nitrogens with one attached hydrogen (secondary N) is 3. The first-order valence-corrected chi connectivity index (χ1v) is 19.8. The van der Waals surface area contributed by atoms with Crippen LogP contribution in [0.3, 0.4) is 0 Å². The Bertz CT molecular complexity index is 2080. The molecule has 3 aromatic carbocycles. The molecule has 3 aromatic rings. The van der Waals surface area contributed by atoms with Crippen LogP contribution >= 0.6 is 0 Å². The number of benzene rings is 3. The monoisotopic (exact) mass is 771 g/mol. The molecule has 3 N–H and O–H groups in total. The van der Waals surface area contributed by atoms with Gasteiger partial charge in [-0.1, -0.05) is 66.3 Å². The summed E-state index contributed by atoms with van der Waals surface area (Å²) < 4.78 is 47.8. The third-order valence-electron chi connectivity index (χ3n) is 9.77. The lowest BCUT2D eigenvalue weighted by Crippen LogP contribution is -2.43. The Balaban J connectivity index is 1.27. The number of esters is 1. The zero-order valence-electron chi connectivity index (χ0n) is 32.0. The fraction of sp³-hybridized carbons (Fsp3) is 0.425. The van der Waals surface area contributed by atoms with Crippen LogP contribution in [-0.2, 0) is 30.7 Å². The lowest BCUT2D eigenvalue weighted by atomic mass is 9.94. The van der Waals surface area contributed by atoms with Gasteiger partial charge in [-0.2, -0.15) is 0 Å². The number of guanidine groups is 1. The van der Waals surface area contributed by atoms with Crippen LogP contribution in [-0.4, -0.2) is 70.9 Å². The van der Waals surface area contributed by atoms with Crippen LogP contribution in [0.4, 0.5) is 4.79 Å². The van der Waals surface area contributed by atoms with E-state index >= 15 is 0 Å². The van der Waals surface area contributed by atoms with Gasteiger partial charge in [-0.25, -0.2) is 22.7 Å². The Morgan fingerprint density at radius 2 is 1.69 bits per heavy atom. The van der Waals surface area contributed by atoms with Gasteiger partial charge in [0.1, 0.15) is 30.6 Å². The van der Waals surface area contributed by atoms with Crippen LogP contribution in [0.5, 0.6) is 5.75 Å². The van der Waals surface area contributed by atoms with Gasteiger partial charge in [-0.15, -0.1) is 0 Å². The Morgan fingerprint density at radius 1 is 1.02 bits per heavy atom. The van der Waals surface area contributed by atoms with Gasteiger partial charge in [0, 0.05) is 42.4 Å². The van der Waals surface area contributed by atoms with Gasteiger partial charge >= 0.3 is 12.1 Å². The highest BCUT2D eigenvalue weighted by atomic mass is 32.2. The molecular weight excluding hydrogens is 723 g/mol. The molecule has 14 nitrogen and oxygen atoms in total. The molecule has 1 aliphatic carbocycles. The molecular formula is C40H49N7O7S. The van der Waals surface area contributed by atoms with E-state index in [1.807, 2.05) is 69.3 Å². The Morgan fingerprint density at radius 3 is 2.35 bits per heavy atom. The molecule has 2 aliphatic rings. The molecule has 0 aromatic heterocycles. The second-order valence-corrected chi connectivity index (χ2v) is 15.8. The first-order valence-electron chi connectivity index (χ1n) is 18.3. The largest absolute Gasteiger partial charge is 0.487 e. The first kappa shape index (κ1) is 40.7. The minimum atomic E-state index is -4.13. The topological polar surface area (TPSA) is 193 Å². The molecule has 0 fully saturated rings. The van der Waals surface area contributed by atoms with Crippen molar-refractivity contribution in [1.82, 2.24) is 15.4 Å². The molecule has 1 heterocycles. The van der Waals surface area contributed by atoms with Gasteiger partial charge in [0.05, 0.1) is 4.90 Å². The molecule has 0 radical (unpaired) electrons. The number of fused-ring (bicyclic) bond motifs is 4. The van der Waals surface area contributed by atoms with Crippen LogP contribution < -0.4 is 20.1 Å². The van der Waals surface area contributed by atoms with Gasteiger partial charge in [0.15, 0.2) is 0 Å². The number of amides is 1. The normalized spacial score (nSPS) is 14.7. The van der Waals surface area contributed by atoms with Crippen molar-refractivity contribution in [3.8, 4) is 16.9 Å². The summed E-state index contributed by atoms with van der Waals surface area (Å²) in [5.41, 5.74) is 15.3. The van der Waals surface area contributed by atoms with Crippen molar-refractivity contribution in [2.45, 2.75) is 82.8 Å². The smallest absolute Gasteiger partial charge is 0.407 e. The highest BCUT2D eigenvalue weighted by Crippen LogP contribution is 2.45. The highest BCUT2D eigenvalue weighted by Gasteiger charge is 2.37. The van der Waals surface area contributed by atoms with E-state index in [-0.39, 0.29) is 62.5 Å². The van der Waals surface area contributed by atoms with Crippen LogP contribution in [0.1, 0.15) is 72.4 Å². The van der Waals surface area contributed by atoms with E-state index in [0.717, 1.165) is 39.1 Å². The zero-order valence-corrected chi connectivity index (χ0v) is 32.8. The molecule has 0 saturated carbocycles. The average molecular weight is 772 g/mol. The van der Waals surface area contributed by atoms with E-state index in [2.05, 4.69) is 37.0 Å². The predicted molar refractivity (Wildman–Crippen MR) is 211 cm³/mol. The average Bonchev–Trinajstić information content (AvgIpc) is 3.66. The fourth-order valence-corrected chi connectivity index (χ4v) is 8.69. The Kier molecular flexibility index (Phi) is 13.1. The lowest BCUT2D eigenvalue weighted by molar-refractivity contribution is -0.145.